The molecule has 3 aromatic rings. The molecule has 0 spiro atoms. The number of H-pyrrole nitrogens is 1. The van der Waals surface area contributed by atoms with Crippen LogP contribution in [0.25, 0.3) is 11.2 Å². The van der Waals surface area contributed by atoms with Crippen LogP contribution in [-0.4, -0.2) is 26.1 Å². The normalized spacial score (nSPS) is 15.4. The van der Waals surface area contributed by atoms with Crippen molar-refractivity contribution in [2.24, 2.45) is 0 Å². The van der Waals surface area contributed by atoms with Gasteiger partial charge in [-0.2, -0.15) is 0 Å². The molecule has 0 aliphatic heterocycles. The summed E-state index contributed by atoms with van der Waals surface area (Å²) in [6, 6.07) is 9.85. The predicted octanol–water partition coefficient (Wildman–Crippen LogP) is 1.86. The van der Waals surface area contributed by atoms with Gasteiger partial charge in [0.15, 0.2) is 0 Å². The molecule has 1 atom stereocenters. The van der Waals surface area contributed by atoms with E-state index in [0.29, 0.717) is 17.7 Å². The number of hydrogen-bond acceptors (Lipinski definition) is 3. The molecule has 1 aliphatic carbocycles. The third-order valence-corrected chi connectivity index (χ3v) is 6.23. The molecule has 1 saturated carbocycles. The van der Waals surface area contributed by atoms with Crippen LogP contribution in [0.5, 0.6) is 0 Å². The van der Waals surface area contributed by atoms with Crippen molar-refractivity contribution in [2.45, 2.75) is 71.1 Å². The van der Waals surface area contributed by atoms with Crippen LogP contribution in [0.1, 0.15) is 57.6 Å². The molecular weight excluding hydrogens is 394 g/mol. The number of hydrogen-bond donors (Lipinski definition) is 2. The smallest absolute Gasteiger partial charge is 0.335 e. The summed E-state index contributed by atoms with van der Waals surface area (Å²) in [5.41, 5.74) is 1.00. The van der Waals surface area contributed by atoms with Crippen molar-refractivity contribution in [3.8, 4) is 0 Å². The number of benzene rings is 1. The highest BCUT2D eigenvalue weighted by Gasteiger charge is 2.29. The number of imidazole rings is 1. The molecule has 2 N–H and O–H groups in total. The summed E-state index contributed by atoms with van der Waals surface area (Å²) in [6.07, 6.45) is 6.83. The van der Waals surface area contributed by atoms with Gasteiger partial charge < -0.3 is 5.32 Å². The molecule has 31 heavy (non-hydrogen) atoms. The Kier molecular flexibility index (Phi) is 6.06. The number of fused-ring (bicyclic) bond motifs is 1. The fourth-order valence-corrected chi connectivity index (χ4v) is 4.35. The largest absolute Gasteiger partial charge is 0.352 e. The molecule has 0 bridgehead atoms. The summed E-state index contributed by atoms with van der Waals surface area (Å²) in [7, 11) is 0. The van der Waals surface area contributed by atoms with E-state index in [1.807, 2.05) is 48.7 Å². The summed E-state index contributed by atoms with van der Waals surface area (Å²) >= 11 is 0. The van der Waals surface area contributed by atoms with Crippen LogP contribution in [0.3, 0.4) is 0 Å². The number of aromatic amines is 1. The van der Waals surface area contributed by atoms with Gasteiger partial charge in [-0.05, 0) is 44.6 Å². The number of aromatic nitrogens is 4. The Morgan fingerprint density at radius 1 is 1.19 bits per heavy atom. The zero-order valence-corrected chi connectivity index (χ0v) is 18.1. The summed E-state index contributed by atoms with van der Waals surface area (Å²) in [6.45, 7) is 3.90. The first-order valence-electron chi connectivity index (χ1n) is 11.1. The van der Waals surface area contributed by atoms with Gasteiger partial charge in [0.05, 0.1) is 6.54 Å². The van der Waals surface area contributed by atoms with Crippen LogP contribution in [0.15, 0.2) is 46.2 Å². The van der Waals surface area contributed by atoms with Gasteiger partial charge >= 0.3 is 11.2 Å². The number of rotatable bonds is 7. The van der Waals surface area contributed by atoms with Crippen LogP contribution >= 0.6 is 0 Å². The minimum atomic E-state index is -0.485. The van der Waals surface area contributed by atoms with E-state index in [2.05, 4.69) is 10.3 Å². The summed E-state index contributed by atoms with van der Waals surface area (Å²) in [5, 5.41) is 2.85. The van der Waals surface area contributed by atoms with Gasteiger partial charge in [0, 0.05) is 6.04 Å². The van der Waals surface area contributed by atoms with Gasteiger partial charge in [0.25, 0.3) is 11.2 Å². The van der Waals surface area contributed by atoms with E-state index in [0.717, 1.165) is 42.2 Å². The lowest BCUT2D eigenvalue weighted by atomic mass is 10.2. The van der Waals surface area contributed by atoms with Gasteiger partial charge in [-0.1, -0.05) is 37.3 Å². The first-order chi connectivity index (χ1) is 15.0. The Balaban J connectivity index is 1.85. The maximum atomic E-state index is 13.4. The highest BCUT2D eigenvalue weighted by Crippen LogP contribution is 2.25. The van der Waals surface area contributed by atoms with E-state index in [4.69, 9.17) is 0 Å². The summed E-state index contributed by atoms with van der Waals surface area (Å²) < 4.78 is 4.60. The Hall–Kier alpha value is -3.16. The van der Waals surface area contributed by atoms with Crippen molar-refractivity contribution in [1.82, 2.24) is 19.4 Å². The SMILES string of the molecule is CCC(C)NC(=O)Cn1c(=O)c2c([nH]c[n+]2C2CCCC2)n(Cc2ccccc2)c1=O. The maximum absolute atomic E-state index is 13.4. The number of carbonyl (C=O) groups excluding carboxylic acids is 1. The van der Waals surface area contributed by atoms with E-state index in [1.54, 1.807) is 10.9 Å². The van der Waals surface area contributed by atoms with Gasteiger partial charge in [-0.15, -0.1) is 0 Å². The molecule has 1 unspecified atom stereocenters. The van der Waals surface area contributed by atoms with Crippen LogP contribution in [-0.2, 0) is 17.9 Å². The molecule has 1 amide bonds. The topological polar surface area (TPSA) is 92.8 Å². The monoisotopic (exact) mass is 424 g/mol. The molecule has 0 radical (unpaired) electrons. The quantitative estimate of drug-likeness (QED) is 0.567. The first kappa shape index (κ1) is 21.1. The first-order valence-corrected chi connectivity index (χ1v) is 11.1. The lowest BCUT2D eigenvalue weighted by Crippen LogP contribution is -2.49. The predicted molar refractivity (Wildman–Crippen MR) is 118 cm³/mol. The second kappa shape index (κ2) is 8.91. The van der Waals surface area contributed by atoms with Crippen molar-refractivity contribution in [3.05, 3.63) is 63.1 Å². The lowest BCUT2D eigenvalue weighted by Gasteiger charge is -2.14. The van der Waals surface area contributed by atoms with E-state index in [-0.39, 0.29) is 24.5 Å². The van der Waals surface area contributed by atoms with E-state index >= 15 is 0 Å². The Labute approximate surface area is 180 Å². The standard InChI is InChI=1S/C23H29N5O3/c1-3-16(2)25-19(29)14-27-22(30)20-21(24-15-28(20)18-11-7-8-12-18)26(23(27)31)13-17-9-5-4-6-10-17/h4-6,9-10,15-16,18H,3,7-8,11-14H2,1-2H3,(H,25,29)/p+1. The average Bonchev–Trinajstić information content (AvgIpc) is 3.44. The third kappa shape index (κ3) is 4.19. The van der Waals surface area contributed by atoms with Crippen LogP contribution in [0.2, 0.25) is 0 Å². The molecular formula is C23H30N5O3+. The van der Waals surface area contributed by atoms with Gasteiger partial charge in [0.1, 0.15) is 12.6 Å². The molecule has 1 aliphatic rings. The number of carbonyl (C=O) groups is 1. The van der Waals surface area contributed by atoms with Crippen LogP contribution in [0, 0.1) is 0 Å². The van der Waals surface area contributed by atoms with Gasteiger partial charge in [-0.3, -0.25) is 14.2 Å². The number of nitrogens with one attached hydrogen (secondary N) is 2. The van der Waals surface area contributed by atoms with Crippen LogP contribution < -0.4 is 21.1 Å². The second-order valence-corrected chi connectivity index (χ2v) is 8.44. The molecule has 164 valence electrons. The molecule has 2 heterocycles. The van der Waals surface area contributed by atoms with Crippen LogP contribution in [0.4, 0.5) is 0 Å². The lowest BCUT2D eigenvalue weighted by molar-refractivity contribution is -0.697. The Bertz CT molecular complexity index is 1190. The van der Waals surface area contributed by atoms with E-state index < -0.39 is 11.2 Å². The second-order valence-electron chi connectivity index (χ2n) is 8.44. The molecule has 4 rings (SSSR count). The zero-order chi connectivity index (χ0) is 22.0. The molecule has 1 aromatic carbocycles. The fourth-order valence-electron chi connectivity index (χ4n) is 4.35. The number of amides is 1. The third-order valence-electron chi connectivity index (χ3n) is 6.23. The highest BCUT2D eigenvalue weighted by atomic mass is 16.2. The van der Waals surface area contributed by atoms with Crippen molar-refractivity contribution in [1.29, 1.82) is 0 Å². The summed E-state index contributed by atoms with van der Waals surface area (Å²) in [4.78, 5) is 42.5. The van der Waals surface area contributed by atoms with Gasteiger partial charge in [-0.25, -0.2) is 18.9 Å². The number of nitrogens with zero attached hydrogens (tertiary/aromatic N) is 3. The van der Waals surface area contributed by atoms with Crippen molar-refractivity contribution in [3.63, 3.8) is 0 Å². The minimum absolute atomic E-state index is 0.0193. The average molecular weight is 425 g/mol. The van der Waals surface area contributed by atoms with E-state index in [1.165, 1.54) is 0 Å². The maximum Gasteiger partial charge on any atom is 0.335 e. The highest BCUT2D eigenvalue weighted by molar-refractivity contribution is 5.76. The molecule has 8 nitrogen and oxygen atoms in total. The Morgan fingerprint density at radius 2 is 1.90 bits per heavy atom. The van der Waals surface area contributed by atoms with Crippen molar-refractivity contribution >= 4 is 17.1 Å². The fraction of sp³-hybridized carbons (Fsp3) is 0.478. The molecule has 1 fully saturated rings. The Morgan fingerprint density at radius 3 is 2.58 bits per heavy atom. The van der Waals surface area contributed by atoms with Gasteiger partial charge in [0.2, 0.25) is 12.2 Å². The molecule has 8 heteroatoms. The molecule has 0 saturated heterocycles. The zero-order valence-electron chi connectivity index (χ0n) is 18.1. The minimum Gasteiger partial charge on any atom is -0.352 e. The summed E-state index contributed by atoms with van der Waals surface area (Å²) in [5.74, 6) is -0.331. The molecule has 2 aromatic heterocycles. The van der Waals surface area contributed by atoms with E-state index in [9.17, 15) is 14.4 Å². The van der Waals surface area contributed by atoms with Crippen molar-refractivity contribution in [2.75, 3.05) is 0 Å². The van der Waals surface area contributed by atoms with Crippen molar-refractivity contribution < 1.29 is 9.36 Å².